The van der Waals surface area contributed by atoms with Gasteiger partial charge in [-0.3, -0.25) is 4.99 Å². The van der Waals surface area contributed by atoms with E-state index in [1.807, 2.05) is 12.1 Å². The maximum atomic E-state index is 5.74. The number of hydrogen-bond acceptors (Lipinski definition) is 4. The Morgan fingerprint density at radius 1 is 1.24 bits per heavy atom. The summed E-state index contributed by atoms with van der Waals surface area (Å²) >= 11 is 1.79. The zero-order chi connectivity index (χ0) is 13.8. The Balaban J connectivity index is 0.00000161. The van der Waals surface area contributed by atoms with E-state index in [1.54, 1.807) is 11.8 Å². The van der Waals surface area contributed by atoms with Crippen molar-refractivity contribution in [2.75, 3.05) is 12.4 Å². The zero-order valence-electron chi connectivity index (χ0n) is 12.4. The number of ether oxygens (including phenoxy) is 1. The zero-order valence-corrected chi connectivity index (χ0v) is 14.0. The van der Waals surface area contributed by atoms with Crippen molar-refractivity contribution >= 4 is 29.3 Å². The molecule has 2 aliphatic rings. The summed E-state index contributed by atoms with van der Waals surface area (Å²) in [6, 6.07) is 9.35. The molecule has 2 unspecified atom stereocenters. The first-order valence-electron chi connectivity index (χ1n) is 7.48. The second-order valence-corrected chi connectivity index (χ2v) is 6.63. The highest BCUT2D eigenvalue weighted by Gasteiger charge is 2.30. The van der Waals surface area contributed by atoms with Crippen LogP contribution in [0, 0.1) is 6.92 Å². The second-order valence-electron chi connectivity index (χ2n) is 5.55. The van der Waals surface area contributed by atoms with E-state index in [-0.39, 0.29) is 12.4 Å². The maximum Gasteiger partial charge on any atom is 0.157 e. The van der Waals surface area contributed by atoms with Crippen molar-refractivity contribution in [3.8, 4) is 5.75 Å². The molecule has 0 radical (unpaired) electrons. The van der Waals surface area contributed by atoms with E-state index in [4.69, 9.17) is 9.73 Å². The predicted octanol–water partition coefficient (Wildman–Crippen LogP) is 3.80. The van der Waals surface area contributed by atoms with Crippen LogP contribution in [0.15, 0.2) is 29.3 Å². The standard InChI is InChI=1S/C16H22N2OS.ClH/c1-12-6-8-13(9-7-12)19-10-11-20-16-17-14-4-2-3-5-15(14)18-16;/h6-9,14-15H,2-5,10-11H2,1H3,(H,17,18);1H. The van der Waals surface area contributed by atoms with Crippen LogP contribution in [0.1, 0.15) is 31.2 Å². The molecule has 1 fully saturated rings. The fourth-order valence-corrected chi connectivity index (χ4v) is 3.60. The third-order valence-corrected chi connectivity index (χ3v) is 4.80. The van der Waals surface area contributed by atoms with Gasteiger partial charge in [-0.1, -0.05) is 42.3 Å². The van der Waals surface area contributed by atoms with E-state index in [1.165, 1.54) is 31.2 Å². The molecular weight excluding hydrogens is 304 g/mol. The summed E-state index contributed by atoms with van der Waals surface area (Å²) in [5.41, 5.74) is 1.26. The molecule has 5 heteroatoms. The molecule has 1 heterocycles. The van der Waals surface area contributed by atoms with Crippen LogP contribution in [-0.2, 0) is 0 Å². The lowest BCUT2D eigenvalue weighted by Gasteiger charge is -2.23. The van der Waals surface area contributed by atoms with Gasteiger partial charge in [0, 0.05) is 5.75 Å². The van der Waals surface area contributed by atoms with Gasteiger partial charge in [-0.05, 0) is 31.9 Å². The van der Waals surface area contributed by atoms with Crippen LogP contribution in [0.5, 0.6) is 5.75 Å². The number of thioether (sulfide) groups is 1. The van der Waals surface area contributed by atoms with E-state index >= 15 is 0 Å². The van der Waals surface area contributed by atoms with Crippen molar-refractivity contribution in [2.45, 2.75) is 44.7 Å². The lowest BCUT2D eigenvalue weighted by molar-refractivity contribution is 0.344. The Labute approximate surface area is 137 Å². The molecule has 1 N–H and O–H groups in total. The molecule has 3 nitrogen and oxygen atoms in total. The van der Waals surface area contributed by atoms with Crippen LogP contribution in [0.4, 0.5) is 0 Å². The van der Waals surface area contributed by atoms with Gasteiger partial charge in [-0.15, -0.1) is 12.4 Å². The number of nitrogens with zero attached hydrogens (tertiary/aromatic N) is 1. The number of hydrogen-bond donors (Lipinski definition) is 1. The van der Waals surface area contributed by atoms with Crippen molar-refractivity contribution in [2.24, 2.45) is 4.99 Å². The molecule has 3 rings (SSSR count). The molecule has 0 saturated heterocycles. The van der Waals surface area contributed by atoms with Gasteiger partial charge in [0.25, 0.3) is 0 Å². The molecule has 1 aliphatic carbocycles. The van der Waals surface area contributed by atoms with E-state index in [0.29, 0.717) is 12.1 Å². The number of fused-ring (bicyclic) bond motifs is 1. The summed E-state index contributed by atoms with van der Waals surface area (Å²) in [6.07, 6.45) is 5.21. The minimum Gasteiger partial charge on any atom is -0.493 e. The molecule has 1 saturated carbocycles. The molecule has 1 aromatic carbocycles. The Kier molecular flexibility index (Phi) is 6.24. The van der Waals surface area contributed by atoms with Gasteiger partial charge >= 0.3 is 0 Å². The number of nitrogens with one attached hydrogen (secondary N) is 1. The molecule has 2 atom stereocenters. The molecule has 1 aromatic rings. The normalized spacial score (nSPS) is 23.6. The third kappa shape index (κ3) is 4.55. The molecular formula is C16H23ClN2OS. The van der Waals surface area contributed by atoms with Crippen LogP contribution in [-0.4, -0.2) is 29.6 Å². The highest BCUT2D eigenvalue weighted by molar-refractivity contribution is 8.13. The third-order valence-electron chi connectivity index (χ3n) is 3.93. The average Bonchev–Trinajstić information content (AvgIpc) is 2.88. The summed E-state index contributed by atoms with van der Waals surface area (Å²) in [6.45, 7) is 2.81. The number of benzene rings is 1. The van der Waals surface area contributed by atoms with Gasteiger partial charge < -0.3 is 10.1 Å². The average molecular weight is 327 g/mol. The SMILES string of the molecule is Cc1ccc(OCCSC2=NC3CCCCC3N2)cc1.Cl. The Morgan fingerprint density at radius 3 is 2.76 bits per heavy atom. The molecule has 1 aliphatic heterocycles. The quantitative estimate of drug-likeness (QED) is 0.854. The van der Waals surface area contributed by atoms with Gasteiger partial charge in [0.05, 0.1) is 18.7 Å². The fraction of sp³-hybridized carbons (Fsp3) is 0.562. The molecule has 0 amide bonds. The largest absolute Gasteiger partial charge is 0.493 e. The topological polar surface area (TPSA) is 33.6 Å². The van der Waals surface area contributed by atoms with E-state index in [0.717, 1.165) is 23.3 Å². The molecule has 0 spiro atoms. The van der Waals surface area contributed by atoms with Crippen LogP contribution >= 0.6 is 24.2 Å². The molecule has 0 aromatic heterocycles. The Morgan fingerprint density at radius 2 is 2.00 bits per heavy atom. The second kappa shape index (κ2) is 7.95. The minimum absolute atomic E-state index is 0. The molecule has 0 bridgehead atoms. The van der Waals surface area contributed by atoms with Crippen LogP contribution in [0.25, 0.3) is 0 Å². The van der Waals surface area contributed by atoms with Crippen LogP contribution in [0.2, 0.25) is 0 Å². The highest BCUT2D eigenvalue weighted by atomic mass is 35.5. The summed E-state index contributed by atoms with van der Waals surface area (Å²) < 4.78 is 5.74. The van der Waals surface area contributed by atoms with E-state index in [9.17, 15) is 0 Å². The van der Waals surface area contributed by atoms with Gasteiger partial charge in [0.2, 0.25) is 0 Å². The first-order valence-corrected chi connectivity index (χ1v) is 8.46. The van der Waals surface area contributed by atoms with Crippen molar-refractivity contribution in [3.05, 3.63) is 29.8 Å². The van der Waals surface area contributed by atoms with Crippen molar-refractivity contribution in [3.63, 3.8) is 0 Å². The lowest BCUT2D eigenvalue weighted by atomic mass is 9.92. The van der Waals surface area contributed by atoms with E-state index < -0.39 is 0 Å². The summed E-state index contributed by atoms with van der Waals surface area (Å²) in [5.74, 6) is 1.89. The summed E-state index contributed by atoms with van der Waals surface area (Å²) in [4.78, 5) is 4.78. The van der Waals surface area contributed by atoms with Crippen LogP contribution in [0.3, 0.4) is 0 Å². The highest BCUT2D eigenvalue weighted by Crippen LogP contribution is 2.26. The molecule has 116 valence electrons. The van der Waals surface area contributed by atoms with Gasteiger partial charge in [0.1, 0.15) is 5.75 Å². The number of aliphatic imine (C=N–C) groups is 1. The Bertz CT molecular complexity index is 478. The first-order chi connectivity index (χ1) is 9.81. The lowest BCUT2D eigenvalue weighted by Crippen LogP contribution is -2.36. The van der Waals surface area contributed by atoms with Gasteiger partial charge in [-0.2, -0.15) is 0 Å². The Hall–Kier alpha value is -0.870. The minimum atomic E-state index is 0. The smallest absolute Gasteiger partial charge is 0.157 e. The number of amidine groups is 1. The van der Waals surface area contributed by atoms with E-state index in [2.05, 4.69) is 24.4 Å². The summed E-state index contributed by atoms with van der Waals surface area (Å²) in [7, 11) is 0. The van der Waals surface area contributed by atoms with Gasteiger partial charge in [-0.25, -0.2) is 0 Å². The number of halogens is 1. The number of aryl methyl sites for hydroxylation is 1. The maximum absolute atomic E-state index is 5.74. The first kappa shape index (κ1) is 16.5. The van der Waals surface area contributed by atoms with Crippen LogP contribution < -0.4 is 10.1 Å². The predicted molar refractivity (Wildman–Crippen MR) is 93.0 cm³/mol. The number of rotatable bonds is 4. The molecule has 21 heavy (non-hydrogen) atoms. The van der Waals surface area contributed by atoms with Crippen molar-refractivity contribution in [1.29, 1.82) is 0 Å². The van der Waals surface area contributed by atoms with Crippen molar-refractivity contribution in [1.82, 2.24) is 5.32 Å². The van der Waals surface area contributed by atoms with Gasteiger partial charge in [0.15, 0.2) is 5.17 Å². The monoisotopic (exact) mass is 326 g/mol. The fourth-order valence-electron chi connectivity index (χ4n) is 2.79. The van der Waals surface area contributed by atoms with Crippen molar-refractivity contribution < 1.29 is 4.74 Å². The summed E-state index contributed by atoms with van der Waals surface area (Å²) in [5, 5.41) is 4.68.